The first-order valence-electron chi connectivity index (χ1n) is 14.8. The van der Waals surface area contributed by atoms with Gasteiger partial charge in [-0.2, -0.15) is 0 Å². The Balaban J connectivity index is 1.30. The van der Waals surface area contributed by atoms with E-state index in [1.165, 1.54) is 4.90 Å². The fourth-order valence-corrected chi connectivity index (χ4v) is 6.93. The molecule has 4 aliphatic heterocycles. The molecule has 41 heavy (non-hydrogen) atoms. The van der Waals surface area contributed by atoms with Gasteiger partial charge in [-0.25, -0.2) is 9.59 Å². The summed E-state index contributed by atoms with van der Waals surface area (Å²) < 4.78 is 17.4. The third kappa shape index (κ3) is 5.92. The highest BCUT2D eigenvalue weighted by Gasteiger charge is 2.62. The lowest BCUT2D eigenvalue weighted by molar-refractivity contribution is -0.151. The van der Waals surface area contributed by atoms with Gasteiger partial charge in [-0.1, -0.05) is 13.8 Å². The molecule has 0 aromatic carbocycles. The summed E-state index contributed by atoms with van der Waals surface area (Å²) in [5.74, 6) is -2.34. The van der Waals surface area contributed by atoms with E-state index in [9.17, 15) is 24.3 Å². The highest BCUT2D eigenvalue weighted by atomic mass is 16.6. The molecule has 4 heterocycles. The van der Waals surface area contributed by atoms with E-state index in [2.05, 4.69) is 19.2 Å². The van der Waals surface area contributed by atoms with E-state index in [-0.39, 0.29) is 47.2 Å². The Morgan fingerprint density at radius 3 is 2.15 bits per heavy atom. The first-order chi connectivity index (χ1) is 19.0. The number of ether oxygens (including phenoxy) is 3. The zero-order valence-corrected chi connectivity index (χ0v) is 25.2. The molecule has 0 unspecified atom stereocenters. The zero-order chi connectivity index (χ0) is 30.0. The van der Waals surface area contributed by atoms with Gasteiger partial charge in [0, 0.05) is 42.9 Å². The van der Waals surface area contributed by atoms with Crippen LogP contribution in [0.4, 0.5) is 4.79 Å². The summed E-state index contributed by atoms with van der Waals surface area (Å²) >= 11 is 0. The Hall–Kier alpha value is -2.82. The average molecular weight is 576 g/mol. The molecule has 0 aromatic rings. The molecule has 2 saturated carbocycles. The molecule has 2 atom stereocenters. The minimum atomic E-state index is -1.30. The smallest absolute Gasteiger partial charge is 0.410 e. The molecule has 6 rings (SSSR count). The van der Waals surface area contributed by atoms with Gasteiger partial charge in [0.25, 0.3) is 0 Å². The van der Waals surface area contributed by atoms with Crippen molar-refractivity contribution >= 4 is 23.9 Å². The summed E-state index contributed by atoms with van der Waals surface area (Å²) in [6.45, 7) is 12.9. The number of hydrogen-bond acceptors (Lipinski definition) is 7. The number of fused-ring (bicyclic) bond motifs is 3. The molecular formula is C30H45N3O8. The predicted molar refractivity (Wildman–Crippen MR) is 147 cm³/mol. The maximum atomic E-state index is 13.7. The van der Waals surface area contributed by atoms with Crippen LogP contribution in [0.2, 0.25) is 0 Å². The van der Waals surface area contributed by atoms with Crippen LogP contribution in [0.25, 0.3) is 0 Å². The first kappa shape index (κ1) is 29.7. The number of rotatable bonds is 7. The van der Waals surface area contributed by atoms with E-state index in [4.69, 9.17) is 14.2 Å². The van der Waals surface area contributed by atoms with Crippen LogP contribution < -0.4 is 5.32 Å². The fourth-order valence-electron chi connectivity index (χ4n) is 6.93. The number of carboxylic acids is 1. The second-order valence-electron chi connectivity index (χ2n) is 14.7. The molecule has 0 aromatic heterocycles. The number of carbonyl (C=O) groups is 4. The van der Waals surface area contributed by atoms with Crippen LogP contribution in [0.3, 0.4) is 0 Å². The van der Waals surface area contributed by atoms with E-state index < -0.39 is 34.9 Å². The Bertz CT molecular complexity index is 1130. The van der Waals surface area contributed by atoms with Crippen molar-refractivity contribution < 1.29 is 38.5 Å². The van der Waals surface area contributed by atoms with Gasteiger partial charge in [-0.15, -0.1) is 0 Å². The normalized spacial score (nSPS) is 31.7. The minimum Gasteiger partial charge on any atom is -0.495 e. The summed E-state index contributed by atoms with van der Waals surface area (Å²) in [6.07, 6.45) is 4.51. The Morgan fingerprint density at radius 2 is 1.63 bits per heavy atom. The van der Waals surface area contributed by atoms with Gasteiger partial charge in [0.15, 0.2) is 5.70 Å². The van der Waals surface area contributed by atoms with Crippen LogP contribution in [0.5, 0.6) is 0 Å². The van der Waals surface area contributed by atoms with Gasteiger partial charge in [-0.3, -0.25) is 9.59 Å². The molecule has 228 valence electrons. The van der Waals surface area contributed by atoms with Gasteiger partial charge < -0.3 is 34.4 Å². The summed E-state index contributed by atoms with van der Waals surface area (Å²) in [6, 6.07) is 0. The maximum absolute atomic E-state index is 13.7. The summed E-state index contributed by atoms with van der Waals surface area (Å²) in [5, 5.41) is 12.6. The van der Waals surface area contributed by atoms with E-state index >= 15 is 0 Å². The lowest BCUT2D eigenvalue weighted by Crippen LogP contribution is -2.64. The maximum Gasteiger partial charge on any atom is 0.410 e. The van der Waals surface area contributed by atoms with Crippen molar-refractivity contribution in [3.63, 3.8) is 0 Å². The van der Waals surface area contributed by atoms with Crippen LogP contribution in [0, 0.1) is 28.1 Å². The topological polar surface area (TPSA) is 135 Å². The van der Waals surface area contributed by atoms with Gasteiger partial charge in [0.2, 0.25) is 11.8 Å². The van der Waals surface area contributed by atoms with E-state index in [1.807, 2.05) is 0 Å². The van der Waals surface area contributed by atoms with Crippen LogP contribution in [-0.2, 0) is 28.6 Å². The van der Waals surface area contributed by atoms with Crippen molar-refractivity contribution in [3.8, 4) is 0 Å². The number of carbonyl (C=O) groups excluding carboxylic acids is 3. The predicted octanol–water partition coefficient (Wildman–Crippen LogP) is 3.14. The van der Waals surface area contributed by atoms with Crippen molar-refractivity contribution in [2.24, 2.45) is 28.1 Å². The van der Waals surface area contributed by atoms with E-state index in [1.54, 1.807) is 32.6 Å². The number of carboxylic acid groups (broad SMARTS) is 1. The van der Waals surface area contributed by atoms with E-state index in [0.717, 1.165) is 32.1 Å². The van der Waals surface area contributed by atoms with Crippen molar-refractivity contribution in [3.05, 3.63) is 11.5 Å². The number of amides is 3. The first-order valence-corrected chi connectivity index (χ1v) is 14.8. The monoisotopic (exact) mass is 575 g/mol. The van der Waals surface area contributed by atoms with E-state index in [0.29, 0.717) is 32.4 Å². The van der Waals surface area contributed by atoms with Crippen LogP contribution in [0.15, 0.2) is 11.5 Å². The number of nitrogens with zero attached hydrogens (tertiary/aromatic N) is 2. The number of allylic oxidation sites excluding steroid dienone is 1. The molecule has 2 bridgehead atoms. The highest BCUT2D eigenvalue weighted by molar-refractivity contribution is 5.94. The standard InChI is InChI=1S/C30H45N3O8/c1-18(39-16-29-9-7-19(8-10-29)40-17-29)22(25(36)37)31-23(34)21-12-32(26(38)41-27(2,3)4)13-30(21)14-33(15-30)24(35)20-11-28(20,5)6/h19-21H,7-17H2,1-6H3,(H,31,34)(H,36,37)/b22-18+/t19?,20-,21+,29?/m1/s1. The SMILES string of the molecule is C/C(OCC12CCC(CC1)OC2)=C(\NC(=O)[C@@H]1CN(C(=O)OC(C)(C)C)CC12CN(C(=O)[C@H]1CC1(C)C)C2)C(=O)O. The number of hydrogen-bond donors (Lipinski definition) is 2. The quantitative estimate of drug-likeness (QED) is 0.349. The second-order valence-corrected chi connectivity index (χ2v) is 14.7. The molecule has 6 aliphatic rings. The van der Waals surface area contributed by atoms with Gasteiger partial charge in [0.1, 0.15) is 11.4 Å². The summed E-state index contributed by atoms with van der Waals surface area (Å²) in [5.41, 5.74) is -1.85. The van der Waals surface area contributed by atoms with Crippen molar-refractivity contribution in [1.82, 2.24) is 15.1 Å². The lowest BCUT2D eigenvalue weighted by Gasteiger charge is -2.50. The number of nitrogens with one attached hydrogen (secondary N) is 1. The Kier molecular flexibility index (Phi) is 7.36. The summed E-state index contributed by atoms with van der Waals surface area (Å²) in [7, 11) is 0. The molecular weight excluding hydrogens is 530 g/mol. The molecule has 2 N–H and O–H groups in total. The number of aliphatic carboxylic acids is 1. The molecule has 2 aliphatic carbocycles. The van der Waals surface area contributed by atoms with Gasteiger partial charge in [-0.05, 0) is 65.2 Å². The third-order valence-corrected chi connectivity index (χ3v) is 9.78. The fraction of sp³-hybridized carbons (Fsp3) is 0.800. The third-order valence-electron chi connectivity index (χ3n) is 9.78. The largest absolute Gasteiger partial charge is 0.495 e. The zero-order valence-electron chi connectivity index (χ0n) is 25.2. The average Bonchev–Trinajstić information content (AvgIpc) is 3.33. The molecule has 4 saturated heterocycles. The molecule has 1 spiro atoms. The van der Waals surface area contributed by atoms with Crippen LogP contribution in [0.1, 0.15) is 73.6 Å². The van der Waals surface area contributed by atoms with Crippen molar-refractivity contribution in [1.29, 1.82) is 0 Å². The summed E-state index contributed by atoms with van der Waals surface area (Å²) in [4.78, 5) is 55.2. The molecule has 3 amide bonds. The van der Waals surface area contributed by atoms with Gasteiger partial charge in [0.05, 0.1) is 25.2 Å². The van der Waals surface area contributed by atoms with Crippen LogP contribution in [-0.4, -0.2) is 89.9 Å². The van der Waals surface area contributed by atoms with Crippen molar-refractivity contribution in [2.45, 2.75) is 85.4 Å². The molecule has 6 fully saturated rings. The molecule has 11 nitrogen and oxygen atoms in total. The molecule has 11 heteroatoms. The number of likely N-dealkylation sites (tertiary alicyclic amines) is 2. The highest BCUT2D eigenvalue weighted by Crippen LogP contribution is 2.54. The lowest BCUT2D eigenvalue weighted by atomic mass is 9.71. The minimum absolute atomic E-state index is 0.0177. The van der Waals surface area contributed by atoms with Crippen molar-refractivity contribution in [2.75, 3.05) is 39.4 Å². The Morgan fingerprint density at radius 1 is 1.02 bits per heavy atom. The van der Waals surface area contributed by atoms with Gasteiger partial charge >= 0.3 is 12.1 Å². The Labute approximate surface area is 241 Å². The molecule has 0 radical (unpaired) electrons. The second kappa shape index (κ2) is 10.2. The van der Waals surface area contributed by atoms with Crippen LogP contribution >= 0.6 is 0 Å².